The van der Waals surface area contributed by atoms with Gasteiger partial charge in [0, 0.05) is 6.54 Å². The number of aromatic amines is 1. The Kier molecular flexibility index (Phi) is 2.99. The lowest BCUT2D eigenvalue weighted by Gasteiger charge is -2.21. The molecule has 3 rings (SSSR count). The van der Waals surface area contributed by atoms with Crippen molar-refractivity contribution in [1.82, 2.24) is 9.97 Å². The highest BCUT2D eigenvalue weighted by molar-refractivity contribution is 5.77. The van der Waals surface area contributed by atoms with Gasteiger partial charge in [0.15, 0.2) is 0 Å². The molecule has 1 aromatic heterocycles. The van der Waals surface area contributed by atoms with Gasteiger partial charge in [-0.2, -0.15) is 0 Å². The third kappa shape index (κ3) is 2.43. The first-order valence-corrected chi connectivity index (χ1v) is 6.60. The molecule has 1 heterocycles. The van der Waals surface area contributed by atoms with Crippen molar-refractivity contribution < 1.29 is 0 Å². The molecule has 3 nitrogen and oxygen atoms in total. The maximum atomic E-state index is 4.53. The molecule has 0 unspecified atom stereocenters. The largest absolute Gasteiger partial charge is 0.356 e. The number of aromatic nitrogens is 2. The van der Waals surface area contributed by atoms with Crippen molar-refractivity contribution in [2.24, 2.45) is 5.92 Å². The quantitative estimate of drug-likeness (QED) is 0.845. The summed E-state index contributed by atoms with van der Waals surface area (Å²) in [5, 5.41) is 3.44. The topological polar surface area (TPSA) is 40.7 Å². The highest BCUT2D eigenvalue weighted by atomic mass is 15.1. The summed E-state index contributed by atoms with van der Waals surface area (Å²) in [7, 11) is 0. The van der Waals surface area contributed by atoms with Gasteiger partial charge in [-0.3, -0.25) is 0 Å². The summed E-state index contributed by atoms with van der Waals surface area (Å²) in [6.07, 6.45) is 6.94. The van der Waals surface area contributed by atoms with Crippen molar-refractivity contribution in [3.05, 3.63) is 24.3 Å². The standard InChI is InChI=1S/C14H19N3/c1-2-6-11(7-3-1)10-15-14-16-12-8-4-5-9-13(12)17-14/h4-5,8-9,11H,1-3,6-7,10H2,(H2,15,16,17). The summed E-state index contributed by atoms with van der Waals surface area (Å²) in [5.74, 6) is 1.74. The SMILES string of the molecule is c1ccc2[nH]c(NCC3CCCCC3)nc2c1. The Hall–Kier alpha value is -1.51. The molecule has 1 saturated carbocycles. The third-order valence-electron chi connectivity index (χ3n) is 3.67. The molecule has 1 fully saturated rings. The maximum absolute atomic E-state index is 4.53. The van der Waals surface area contributed by atoms with Crippen molar-refractivity contribution in [3.8, 4) is 0 Å². The molecular weight excluding hydrogens is 210 g/mol. The molecule has 1 aliphatic carbocycles. The van der Waals surface area contributed by atoms with Gasteiger partial charge in [0.25, 0.3) is 0 Å². The number of rotatable bonds is 3. The van der Waals surface area contributed by atoms with E-state index < -0.39 is 0 Å². The summed E-state index contributed by atoms with van der Waals surface area (Å²) in [4.78, 5) is 7.84. The zero-order chi connectivity index (χ0) is 11.5. The van der Waals surface area contributed by atoms with E-state index in [2.05, 4.69) is 21.4 Å². The Labute approximate surface area is 102 Å². The minimum absolute atomic E-state index is 0.831. The monoisotopic (exact) mass is 229 g/mol. The van der Waals surface area contributed by atoms with E-state index in [4.69, 9.17) is 0 Å². The molecule has 0 aliphatic heterocycles. The van der Waals surface area contributed by atoms with Crippen molar-refractivity contribution in [3.63, 3.8) is 0 Å². The molecule has 2 aromatic rings. The fraction of sp³-hybridized carbons (Fsp3) is 0.500. The van der Waals surface area contributed by atoms with Gasteiger partial charge in [0.05, 0.1) is 11.0 Å². The molecule has 0 saturated heterocycles. The summed E-state index contributed by atoms with van der Waals surface area (Å²) < 4.78 is 0. The van der Waals surface area contributed by atoms with E-state index in [0.29, 0.717) is 0 Å². The van der Waals surface area contributed by atoms with Gasteiger partial charge in [-0.05, 0) is 30.9 Å². The summed E-state index contributed by atoms with van der Waals surface area (Å²) in [6.45, 7) is 1.06. The second-order valence-electron chi connectivity index (χ2n) is 4.99. The average Bonchev–Trinajstić information content (AvgIpc) is 2.80. The highest BCUT2D eigenvalue weighted by Crippen LogP contribution is 2.24. The van der Waals surface area contributed by atoms with Crippen LogP contribution in [-0.2, 0) is 0 Å². The molecule has 0 bridgehead atoms. The minimum Gasteiger partial charge on any atom is -0.356 e. The number of nitrogens with one attached hydrogen (secondary N) is 2. The number of nitrogens with zero attached hydrogens (tertiary/aromatic N) is 1. The minimum atomic E-state index is 0.831. The third-order valence-corrected chi connectivity index (χ3v) is 3.67. The van der Waals surface area contributed by atoms with Crippen LogP contribution in [0.2, 0.25) is 0 Å². The number of H-pyrrole nitrogens is 1. The Bertz CT molecular complexity index is 450. The van der Waals surface area contributed by atoms with Crippen LogP contribution in [0.25, 0.3) is 11.0 Å². The van der Waals surface area contributed by atoms with Crippen LogP contribution in [0.5, 0.6) is 0 Å². The van der Waals surface area contributed by atoms with Crippen LogP contribution < -0.4 is 5.32 Å². The van der Waals surface area contributed by atoms with Gasteiger partial charge in [-0.15, -0.1) is 0 Å². The van der Waals surface area contributed by atoms with Crippen LogP contribution >= 0.6 is 0 Å². The fourth-order valence-corrected chi connectivity index (χ4v) is 2.67. The first kappa shape index (κ1) is 10.6. The summed E-state index contributed by atoms with van der Waals surface area (Å²) in [5.41, 5.74) is 2.15. The molecule has 3 heteroatoms. The lowest BCUT2D eigenvalue weighted by molar-refractivity contribution is 0.373. The number of fused-ring (bicyclic) bond motifs is 1. The lowest BCUT2D eigenvalue weighted by Crippen LogP contribution is -2.17. The Morgan fingerprint density at radius 2 is 2.00 bits per heavy atom. The molecule has 2 N–H and O–H groups in total. The first-order valence-electron chi connectivity index (χ1n) is 6.60. The molecule has 1 aromatic carbocycles. The summed E-state index contributed by atoms with van der Waals surface area (Å²) in [6, 6.07) is 8.16. The first-order chi connectivity index (χ1) is 8.42. The normalized spacial score (nSPS) is 17.4. The van der Waals surface area contributed by atoms with Crippen LogP contribution in [0, 0.1) is 5.92 Å². The smallest absolute Gasteiger partial charge is 0.201 e. The predicted octanol–water partition coefficient (Wildman–Crippen LogP) is 3.56. The second kappa shape index (κ2) is 4.78. The number of para-hydroxylation sites is 2. The van der Waals surface area contributed by atoms with Gasteiger partial charge >= 0.3 is 0 Å². The molecule has 0 spiro atoms. The maximum Gasteiger partial charge on any atom is 0.201 e. The molecule has 0 radical (unpaired) electrons. The number of imidazole rings is 1. The molecule has 1 aliphatic rings. The van der Waals surface area contributed by atoms with Gasteiger partial charge in [0.1, 0.15) is 0 Å². The van der Waals surface area contributed by atoms with Crippen LogP contribution in [0.4, 0.5) is 5.95 Å². The Balaban J connectivity index is 1.64. The van der Waals surface area contributed by atoms with Crippen LogP contribution in [0.1, 0.15) is 32.1 Å². The van der Waals surface area contributed by atoms with E-state index in [1.54, 1.807) is 0 Å². The Morgan fingerprint density at radius 1 is 1.18 bits per heavy atom. The molecular formula is C14H19N3. The molecule has 17 heavy (non-hydrogen) atoms. The van der Waals surface area contributed by atoms with Crippen LogP contribution in [0.15, 0.2) is 24.3 Å². The Morgan fingerprint density at radius 3 is 2.82 bits per heavy atom. The molecule has 90 valence electrons. The summed E-state index contributed by atoms with van der Waals surface area (Å²) >= 11 is 0. The van der Waals surface area contributed by atoms with Crippen LogP contribution in [0.3, 0.4) is 0 Å². The zero-order valence-corrected chi connectivity index (χ0v) is 10.1. The van der Waals surface area contributed by atoms with Gasteiger partial charge in [-0.25, -0.2) is 4.98 Å². The predicted molar refractivity (Wildman–Crippen MR) is 71.2 cm³/mol. The fourth-order valence-electron chi connectivity index (χ4n) is 2.67. The number of anilines is 1. The second-order valence-corrected chi connectivity index (χ2v) is 4.99. The van der Waals surface area contributed by atoms with Gasteiger partial charge in [-0.1, -0.05) is 31.4 Å². The average molecular weight is 229 g/mol. The number of hydrogen-bond acceptors (Lipinski definition) is 2. The van der Waals surface area contributed by atoms with Crippen molar-refractivity contribution >= 4 is 17.0 Å². The molecule has 0 atom stereocenters. The van der Waals surface area contributed by atoms with E-state index in [-0.39, 0.29) is 0 Å². The van der Waals surface area contributed by atoms with E-state index in [0.717, 1.165) is 29.4 Å². The van der Waals surface area contributed by atoms with Crippen LogP contribution in [-0.4, -0.2) is 16.5 Å². The van der Waals surface area contributed by atoms with Gasteiger partial charge < -0.3 is 10.3 Å². The zero-order valence-electron chi connectivity index (χ0n) is 10.1. The van der Waals surface area contributed by atoms with Crippen molar-refractivity contribution in [2.75, 3.05) is 11.9 Å². The highest BCUT2D eigenvalue weighted by Gasteiger charge is 2.13. The van der Waals surface area contributed by atoms with E-state index in [9.17, 15) is 0 Å². The van der Waals surface area contributed by atoms with E-state index in [1.165, 1.54) is 32.1 Å². The van der Waals surface area contributed by atoms with Gasteiger partial charge in [0.2, 0.25) is 5.95 Å². The number of benzene rings is 1. The molecule has 0 amide bonds. The number of hydrogen-bond donors (Lipinski definition) is 2. The lowest BCUT2D eigenvalue weighted by atomic mass is 9.89. The van der Waals surface area contributed by atoms with Crippen molar-refractivity contribution in [1.29, 1.82) is 0 Å². The van der Waals surface area contributed by atoms with E-state index >= 15 is 0 Å². The van der Waals surface area contributed by atoms with E-state index in [1.807, 2.05) is 18.2 Å². The van der Waals surface area contributed by atoms with Crippen molar-refractivity contribution in [2.45, 2.75) is 32.1 Å².